The van der Waals surface area contributed by atoms with Gasteiger partial charge in [-0.15, -0.1) is 6.42 Å². The molecule has 36 heavy (non-hydrogen) atoms. The van der Waals surface area contributed by atoms with Gasteiger partial charge >= 0.3 is 5.97 Å². The highest BCUT2D eigenvalue weighted by atomic mass is 32.2. The molecule has 1 saturated heterocycles. The van der Waals surface area contributed by atoms with E-state index in [-0.39, 0.29) is 30.1 Å². The standard InChI is InChI=1S/C26H29N3O6S/c1-4-15-34-24-10-9-22-23(16-28(17-25(30)31)26(22)27-24)19-11-13-29(14-12-19)36(32,33)21-7-5-20(6-8-21)35-18(2)3/h1,5-10,16,18-19H,11-15,17H2,2-3H3,(H,30,31). The maximum atomic E-state index is 13.2. The molecule has 0 spiro atoms. The maximum absolute atomic E-state index is 13.2. The number of carboxylic acids is 1. The number of aromatic nitrogens is 2. The quantitative estimate of drug-likeness (QED) is 0.438. The van der Waals surface area contributed by atoms with E-state index >= 15 is 0 Å². The molecular weight excluding hydrogens is 482 g/mol. The fraction of sp³-hybridized carbons (Fsp3) is 0.385. The lowest BCUT2D eigenvalue weighted by Gasteiger charge is -2.31. The number of fused-ring (bicyclic) bond motifs is 1. The van der Waals surface area contributed by atoms with E-state index in [9.17, 15) is 18.3 Å². The first-order valence-electron chi connectivity index (χ1n) is 11.7. The smallest absolute Gasteiger partial charge is 0.323 e. The summed E-state index contributed by atoms with van der Waals surface area (Å²) in [6, 6.07) is 10.1. The number of sulfonamides is 1. The van der Waals surface area contributed by atoms with Crippen LogP contribution in [0, 0.1) is 12.3 Å². The van der Waals surface area contributed by atoms with Crippen molar-refractivity contribution in [2.45, 2.75) is 50.2 Å². The van der Waals surface area contributed by atoms with Crippen LogP contribution in [0.5, 0.6) is 11.6 Å². The summed E-state index contributed by atoms with van der Waals surface area (Å²) in [5.74, 6) is 2.41. The van der Waals surface area contributed by atoms with Gasteiger partial charge in [-0.3, -0.25) is 4.79 Å². The number of hydrogen-bond acceptors (Lipinski definition) is 6. The summed E-state index contributed by atoms with van der Waals surface area (Å²) in [5, 5.41) is 10.2. The average molecular weight is 512 g/mol. The minimum absolute atomic E-state index is 0.00481. The Hall–Kier alpha value is -3.55. The molecule has 0 atom stereocenters. The van der Waals surface area contributed by atoms with Crippen LogP contribution < -0.4 is 9.47 Å². The second-order valence-corrected chi connectivity index (χ2v) is 10.9. The van der Waals surface area contributed by atoms with Crippen molar-refractivity contribution < 1.29 is 27.8 Å². The third-order valence-corrected chi connectivity index (χ3v) is 7.98. The molecule has 1 aromatic carbocycles. The molecule has 1 fully saturated rings. The number of piperidine rings is 1. The van der Waals surface area contributed by atoms with Crippen molar-refractivity contribution in [3.05, 3.63) is 48.2 Å². The highest BCUT2D eigenvalue weighted by Crippen LogP contribution is 2.36. The fourth-order valence-corrected chi connectivity index (χ4v) is 5.95. The number of ether oxygens (including phenoxy) is 2. The summed E-state index contributed by atoms with van der Waals surface area (Å²) in [6.45, 7) is 4.36. The third kappa shape index (κ3) is 5.48. The van der Waals surface area contributed by atoms with Gasteiger partial charge in [0.25, 0.3) is 0 Å². The Morgan fingerprint density at radius 3 is 2.50 bits per heavy atom. The van der Waals surface area contributed by atoms with Crippen molar-refractivity contribution in [3.8, 4) is 24.0 Å². The Balaban J connectivity index is 1.53. The monoisotopic (exact) mass is 511 g/mol. The molecule has 1 aliphatic rings. The van der Waals surface area contributed by atoms with Crippen molar-refractivity contribution in [3.63, 3.8) is 0 Å². The third-order valence-electron chi connectivity index (χ3n) is 6.06. The molecule has 4 rings (SSSR count). The zero-order valence-electron chi connectivity index (χ0n) is 20.3. The molecule has 1 aliphatic heterocycles. The summed E-state index contributed by atoms with van der Waals surface area (Å²) in [4.78, 5) is 16.1. The second-order valence-electron chi connectivity index (χ2n) is 8.94. The first kappa shape index (κ1) is 25.5. The number of rotatable bonds is 9. The van der Waals surface area contributed by atoms with E-state index in [1.165, 1.54) is 4.31 Å². The van der Waals surface area contributed by atoms with E-state index in [1.807, 2.05) is 19.9 Å². The van der Waals surface area contributed by atoms with E-state index in [4.69, 9.17) is 15.9 Å². The van der Waals surface area contributed by atoms with Gasteiger partial charge in [-0.25, -0.2) is 8.42 Å². The van der Waals surface area contributed by atoms with E-state index in [2.05, 4.69) is 10.9 Å². The van der Waals surface area contributed by atoms with Gasteiger partial charge in [0.15, 0.2) is 6.61 Å². The summed E-state index contributed by atoms with van der Waals surface area (Å²) in [7, 11) is -3.63. The van der Waals surface area contributed by atoms with Crippen molar-refractivity contribution in [1.82, 2.24) is 13.9 Å². The molecule has 0 aliphatic carbocycles. The van der Waals surface area contributed by atoms with Crippen molar-refractivity contribution in [2.75, 3.05) is 19.7 Å². The van der Waals surface area contributed by atoms with E-state index < -0.39 is 16.0 Å². The molecule has 3 aromatic rings. The highest BCUT2D eigenvalue weighted by molar-refractivity contribution is 7.89. The van der Waals surface area contributed by atoms with E-state index in [0.717, 1.165) is 10.9 Å². The van der Waals surface area contributed by atoms with Gasteiger partial charge in [0.05, 0.1) is 11.0 Å². The number of pyridine rings is 1. The average Bonchev–Trinajstić information content (AvgIpc) is 3.19. The van der Waals surface area contributed by atoms with Crippen LogP contribution in [-0.4, -0.2) is 59.2 Å². The molecule has 0 amide bonds. The molecule has 2 aromatic heterocycles. The van der Waals surface area contributed by atoms with Gasteiger partial charge in [-0.1, -0.05) is 5.92 Å². The van der Waals surface area contributed by atoms with Gasteiger partial charge in [0, 0.05) is 30.7 Å². The summed E-state index contributed by atoms with van der Waals surface area (Å²) in [6.07, 6.45) is 8.27. The van der Waals surface area contributed by atoms with Crippen LogP contribution in [0.4, 0.5) is 0 Å². The van der Waals surface area contributed by atoms with E-state index in [0.29, 0.717) is 43.2 Å². The van der Waals surface area contributed by atoms with Crippen LogP contribution in [0.15, 0.2) is 47.5 Å². The SMILES string of the molecule is C#CCOc1ccc2c(C3CCN(S(=O)(=O)c4ccc(OC(C)C)cc4)CC3)cn(CC(=O)O)c2n1. The van der Waals surface area contributed by atoms with Gasteiger partial charge in [0.1, 0.15) is 17.9 Å². The lowest BCUT2D eigenvalue weighted by atomic mass is 9.90. The van der Waals surface area contributed by atoms with Gasteiger partial charge in [-0.2, -0.15) is 9.29 Å². The molecule has 0 radical (unpaired) electrons. The van der Waals surface area contributed by atoms with Crippen molar-refractivity contribution >= 4 is 27.0 Å². The number of carboxylic acid groups (broad SMARTS) is 1. The highest BCUT2D eigenvalue weighted by Gasteiger charge is 2.31. The first-order valence-corrected chi connectivity index (χ1v) is 13.2. The largest absolute Gasteiger partial charge is 0.491 e. The Morgan fingerprint density at radius 2 is 1.89 bits per heavy atom. The van der Waals surface area contributed by atoms with Crippen molar-refractivity contribution in [2.24, 2.45) is 0 Å². The van der Waals surface area contributed by atoms with Crippen LogP contribution in [0.25, 0.3) is 11.0 Å². The lowest BCUT2D eigenvalue weighted by molar-refractivity contribution is -0.137. The Kier molecular flexibility index (Phi) is 7.52. The molecule has 9 nitrogen and oxygen atoms in total. The van der Waals surface area contributed by atoms with Crippen LogP contribution in [0.1, 0.15) is 38.2 Å². The molecule has 3 heterocycles. The van der Waals surface area contributed by atoms with Crippen molar-refractivity contribution in [1.29, 1.82) is 0 Å². The Morgan fingerprint density at radius 1 is 1.19 bits per heavy atom. The zero-order valence-corrected chi connectivity index (χ0v) is 21.1. The van der Waals surface area contributed by atoms with Crippen LogP contribution in [0.2, 0.25) is 0 Å². The molecule has 0 unspecified atom stereocenters. The molecule has 190 valence electrons. The number of nitrogens with zero attached hydrogens (tertiary/aromatic N) is 3. The second kappa shape index (κ2) is 10.6. The predicted molar refractivity (Wildman–Crippen MR) is 135 cm³/mol. The molecule has 0 bridgehead atoms. The van der Waals surface area contributed by atoms with Gasteiger partial charge < -0.3 is 19.1 Å². The van der Waals surface area contributed by atoms with Gasteiger partial charge in [-0.05, 0) is 68.5 Å². The first-order chi connectivity index (χ1) is 17.2. The Bertz CT molecular complexity index is 1380. The van der Waals surface area contributed by atoms with Crippen LogP contribution in [-0.2, 0) is 21.4 Å². The molecule has 1 N–H and O–H groups in total. The van der Waals surface area contributed by atoms with Crippen LogP contribution in [0.3, 0.4) is 0 Å². The predicted octanol–water partition coefficient (Wildman–Crippen LogP) is 3.49. The topological polar surface area (TPSA) is 111 Å². The molecular formula is C26H29N3O6S. The number of benzene rings is 1. The summed E-state index contributed by atoms with van der Waals surface area (Å²) in [5.41, 5.74) is 1.45. The fourth-order valence-electron chi connectivity index (χ4n) is 4.48. The Labute approximate surface area is 210 Å². The van der Waals surface area contributed by atoms with Gasteiger partial charge in [0.2, 0.25) is 15.9 Å². The number of hydrogen-bond donors (Lipinski definition) is 1. The normalized spacial score (nSPS) is 15.2. The molecule has 10 heteroatoms. The molecule has 0 saturated carbocycles. The lowest BCUT2D eigenvalue weighted by Crippen LogP contribution is -2.37. The number of aliphatic carboxylic acids is 1. The summed E-state index contributed by atoms with van der Waals surface area (Å²) >= 11 is 0. The summed E-state index contributed by atoms with van der Waals surface area (Å²) < 4.78 is 40.5. The number of terminal acetylenes is 1. The zero-order chi connectivity index (χ0) is 25.9. The minimum atomic E-state index is -3.63. The number of carbonyl (C=O) groups is 1. The minimum Gasteiger partial charge on any atom is -0.491 e. The maximum Gasteiger partial charge on any atom is 0.323 e. The van der Waals surface area contributed by atoms with E-state index in [1.54, 1.807) is 41.1 Å². The van der Waals surface area contributed by atoms with Crippen LogP contribution >= 0.6 is 0 Å².